The number of benzene rings is 2. The van der Waals surface area contributed by atoms with Crippen LogP contribution in [0.25, 0.3) is 0 Å². The minimum absolute atomic E-state index is 0.0833. The van der Waals surface area contributed by atoms with Crippen LogP contribution in [0.15, 0.2) is 54.6 Å². The third-order valence-corrected chi connectivity index (χ3v) is 5.58. The predicted molar refractivity (Wildman–Crippen MR) is 117 cm³/mol. The number of anilines is 1. The number of rotatable bonds is 7. The highest BCUT2D eigenvalue weighted by Crippen LogP contribution is 2.21. The average molecular weight is 394 g/mol. The summed E-state index contributed by atoms with van der Waals surface area (Å²) in [5.74, 6) is -0.276. The number of para-hydroxylation sites is 1. The van der Waals surface area contributed by atoms with E-state index in [4.69, 9.17) is 0 Å². The zero-order valence-corrected chi connectivity index (χ0v) is 17.2. The van der Waals surface area contributed by atoms with Crippen molar-refractivity contribution in [1.29, 1.82) is 0 Å². The van der Waals surface area contributed by atoms with Gasteiger partial charge < -0.3 is 10.6 Å². The zero-order valence-electron chi connectivity index (χ0n) is 17.2. The third-order valence-electron chi connectivity index (χ3n) is 5.58. The molecule has 0 aliphatic heterocycles. The van der Waals surface area contributed by atoms with Crippen molar-refractivity contribution < 1.29 is 9.59 Å². The first-order chi connectivity index (χ1) is 14.1. The van der Waals surface area contributed by atoms with Crippen molar-refractivity contribution >= 4 is 17.5 Å². The first kappa shape index (κ1) is 21.1. The molecule has 2 N–H and O–H groups in total. The molecule has 0 unspecified atom stereocenters. The topological polar surface area (TPSA) is 61.4 Å². The fourth-order valence-electron chi connectivity index (χ4n) is 3.91. The SMILES string of the molecule is CN(CC(=O)Nc1ccccc1C(=O)NCc1ccccc1)C1CCCCCC1. The summed E-state index contributed by atoms with van der Waals surface area (Å²) in [6.45, 7) is 0.789. The number of likely N-dealkylation sites (N-methyl/N-ethyl adjacent to an activating group) is 1. The molecule has 2 aromatic carbocycles. The highest BCUT2D eigenvalue weighted by atomic mass is 16.2. The van der Waals surface area contributed by atoms with Crippen LogP contribution in [0.2, 0.25) is 0 Å². The van der Waals surface area contributed by atoms with Gasteiger partial charge in [0.2, 0.25) is 5.91 Å². The summed E-state index contributed by atoms with van der Waals surface area (Å²) in [6, 6.07) is 17.4. The monoisotopic (exact) mass is 393 g/mol. The number of amides is 2. The molecular formula is C24H31N3O2. The third kappa shape index (κ3) is 6.43. The van der Waals surface area contributed by atoms with Crippen LogP contribution >= 0.6 is 0 Å². The second-order valence-electron chi connectivity index (χ2n) is 7.82. The van der Waals surface area contributed by atoms with Crippen LogP contribution in [0.5, 0.6) is 0 Å². The second-order valence-corrected chi connectivity index (χ2v) is 7.82. The van der Waals surface area contributed by atoms with Crippen LogP contribution in [-0.4, -0.2) is 36.3 Å². The lowest BCUT2D eigenvalue weighted by atomic mass is 10.1. The highest BCUT2D eigenvalue weighted by Gasteiger charge is 2.20. The molecule has 2 amide bonds. The fourth-order valence-corrected chi connectivity index (χ4v) is 3.91. The Morgan fingerprint density at radius 2 is 1.59 bits per heavy atom. The number of carbonyl (C=O) groups is 2. The van der Waals surface area contributed by atoms with Gasteiger partial charge in [-0.25, -0.2) is 0 Å². The smallest absolute Gasteiger partial charge is 0.253 e. The van der Waals surface area contributed by atoms with E-state index in [1.54, 1.807) is 12.1 Å². The minimum atomic E-state index is -0.193. The van der Waals surface area contributed by atoms with Crippen LogP contribution in [-0.2, 0) is 11.3 Å². The maximum Gasteiger partial charge on any atom is 0.253 e. The predicted octanol–water partition coefficient (Wildman–Crippen LogP) is 4.21. The molecule has 2 aromatic rings. The van der Waals surface area contributed by atoms with E-state index in [-0.39, 0.29) is 11.8 Å². The van der Waals surface area contributed by atoms with Gasteiger partial charge in [0, 0.05) is 12.6 Å². The van der Waals surface area contributed by atoms with Crippen LogP contribution in [0, 0.1) is 0 Å². The lowest BCUT2D eigenvalue weighted by molar-refractivity contribution is -0.117. The first-order valence-corrected chi connectivity index (χ1v) is 10.5. The van der Waals surface area contributed by atoms with Crippen LogP contribution in [0.4, 0.5) is 5.69 Å². The zero-order chi connectivity index (χ0) is 20.5. The van der Waals surface area contributed by atoms with Gasteiger partial charge in [-0.15, -0.1) is 0 Å². The van der Waals surface area contributed by atoms with Crippen molar-refractivity contribution in [2.24, 2.45) is 0 Å². The van der Waals surface area contributed by atoms with Crippen molar-refractivity contribution in [3.8, 4) is 0 Å². The molecule has 1 saturated carbocycles. The molecule has 1 aliphatic carbocycles. The molecule has 29 heavy (non-hydrogen) atoms. The second kappa shape index (κ2) is 10.8. The van der Waals surface area contributed by atoms with E-state index < -0.39 is 0 Å². The van der Waals surface area contributed by atoms with Crippen molar-refractivity contribution in [2.45, 2.75) is 51.1 Å². The Bertz CT molecular complexity index is 799. The molecule has 0 atom stereocenters. The summed E-state index contributed by atoms with van der Waals surface area (Å²) in [7, 11) is 2.02. The van der Waals surface area contributed by atoms with Crippen molar-refractivity contribution in [2.75, 3.05) is 18.9 Å². The van der Waals surface area contributed by atoms with E-state index in [0.29, 0.717) is 30.4 Å². The molecular weight excluding hydrogens is 362 g/mol. The van der Waals surface area contributed by atoms with Crippen molar-refractivity contribution in [3.05, 3.63) is 65.7 Å². The maximum atomic E-state index is 12.7. The van der Waals surface area contributed by atoms with E-state index in [1.807, 2.05) is 49.5 Å². The van der Waals surface area contributed by atoms with Gasteiger partial charge in [-0.3, -0.25) is 14.5 Å². The molecule has 154 valence electrons. The number of nitrogens with zero attached hydrogens (tertiary/aromatic N) is 1. The summed E-state index contributed by atoms with van der Waals surface area (Å²) < 4.78 is 0. The molecule has 5 heteroatoms. The Kier molecular flexibility index (Phi) is 7.82. The van der Waals surface area contributed by atoms with Crippen LogP contribution in [0.1, 0.15) is 54.4 Å². The van der Waals surface area contributed by atoms with Gasteiger partial charge in [0.1, 0.15) is 0 Å². The van der Waals surface area contributed by atoms with Crippen molar-refractivity contribution in [1.82, 2.24) is 10.2 Å². The van der Waals surface area contributed by atoms with E-state index in [2.05, 4.69) is 15.5 Å². The Morgan fingerprint density at radius 1 is 0.931 bits per heavy atom. The molecule has 1 fully saturated rings. The molecule has 0 bridgehead atoms. The van der Waals surface area contributed by atoms with Gasteiger partial charge in [0.25, 0.3) is 5.91 Å². The fraction of sp³-hybridized carbons (Fsp3) is 0.417. The average Bonchev–Trinajstić information content (AvgIpc) is 3.03. The number of hydrogen-bond acceptors (Lipinski definition) is 3. The summed E-state index contributed by atoms with van der Waals surface area (Å²) in [5.41, 5.74) is 2.07. The first-order valence-electron chi connectivity index (χ1n) is 10.5. The highest BCUT2D eigenvalue weighted by molar-refractivity contribution is 6.04. The number of carbonyl (C=O) groups excluding carboxylic acids is 2. The van der Waals surface area contributed by atoms with Gasteiger partial charge in [-0.2, -0.15) is 0 Å². The van der Waals surface area contributed by atoms with Gasteiger partial charge in [-0.1, -0.05) is 68.1 Å². The van der Waals surface area contributed by atoms with Gasteiger partial charge in [-0.05, 0) is 37.6 Å². The molecule has 5 nitrogen and oxygen atoms in total. The summed E-state index contributed by atoms with van der Waals surface area (Å²) in [5, 5.41) is 5.86. The largest absolute Gasteiger partial charge is 0.348 e. The van der Waals surface area contributed by atoms with Gasteiger partial charge >= 0.3 is 0 Å². The molecule has 1 aliphatic rings. The molecule has 0 spiro atoms. The van der Waals surface area contributed by atoms with E-state index in [1.165, 1.54) is 25.7 Å². The molecule has 3 rings (SSSR count). The Morgan fingerprint density at radius 3 is 2.31 bits per heavy atom. The quantitative estimate of drug-likeness (QED) is 0.693. The van der Waals surface area contributed by atoms with Gasteiger partial charge in [0.15, 0.2) is 0 Å². The molecule has 0 heterocycles. The molecule has 0 saturated heterocycles. The molecule has 0 radical (unpaired) electrons. The number of nitrogens with one attached hydrogen (secondary N) is 2. The summed E-state index contributed by atoms with van der Waals surface area (Å²) in [4.78, 5) is 27.4. The Labute approximate surface area is 173 Å². The van der Waals surface area contributed by atoms with Crippen molar-refractivity contribution in [3.63, 3.8) is 0 Å². The van der Waals surface area contributed by atoms with E-state index in [9.17, 15) is 9.59 Å². The Hall–Kier alpha value is -2.66. The normalized spacial score (nSPS) is 15.0. The van der Waals surface area contributed by atoms with E-state index >= 15 is 0 Å². The lowest BCUT2D eigenvalue weighted by Crippen LogP contribution is -2.38. The molecule has 0 aromatic heterocycles. The minimum Gasteiger partial charge on any atom is -0.348 e. The van der Waals surface area contributed by atoms with E-state index in [0.717, 1.165) is 18.4 Å². The standard InChI is InChI=1S/C24H31N3O2/c1-27(20-13-7-2-3-8-14-20)18-23(28)26-22-16-10-9-15-21(22)24(29)25-17-19-11-5-4-6-12-19/h4-6,9-12,15-16,20H,2-3,7-8,13-14,17-18H2,1H3,(H,25,29)(H,26,28). The lowest BCUT2D eigenvalue weighted by Gasteiger charge is -2.26. The summed E-state index contributed by atoms with van der Waals surface area (Å²) in [6.07, 6.45) is 7.37. The Balaban J connectivity index is 1.57. The van der Waals surface area contributed by atoms with Crippen LogP contribution < -0.4 is 10.6 Å². The maximum absolute atomic E-state index is 12.7. The summed E-state index contributed by atoms with van der Waals surface area (Å²) >= 11 is 0. The number of hydrogen-bond donors (Lipinski definition) is 2. The van der Waals surface area contributed by atoms with Crippen LogP contribution in [0.3, 0.4) is 0 Å². The van der Waals surface area contributed by atoms with Gasteiger partial charge in [0.05, 0.1) is 17.8 Å².